The molecule has 0 atom stereocenters. The van der Waals surface area contributed by atoms with Gasteiger partial charge in [-0.1, -0.05) is 0 Å². The summed E-state index contributed by atoms with van der Waals surface area (Å²) in [5.74, 6) is -0.187. The first kappa shape index (κ1) is 14.2. The maximum atomic E-state index is 11.6. The highest BCUT2D eigenvalue weighted by Gasteiger charge is 2.03. The van der Waals surface area contributed by atoms with Gasteiger partial charge in [-0.3, -0.25) is 4.79 Å². The molecule has 1 N–H and O–H groups in total. The van der Waals surface area contributed by atoms with Crippen LogP contribution >= 0.6 is 0 Å². The molecule has 0 saturated carbocycles. The van der Waals surface area contributed by atoms with Gasteiger partial charge in [0.2, 0.25) is 5.91 Å². The lowest BCUT2D eigenvalue weighted by molar-refractivity contribution is -0.121. The Labute approximate surface area is 117 Å². The number of anilines is 1. The molecule has 20 heavy (non-hydrogen) atoms. The molecule has 0 unspecified atom stereocenters. The Balaban J connectivity index is 1.83. The standard InChI is InChI=1S/C14H17N3O3/c1-19-9-10-20-11-14(18)16-12-3-5-13(6-4-12)17-8-2-7-15-17/h2-8H,9-11H2,1H3,(H,16,18). The average Bonchev–Trinajstić information content (AvgIpc) is 2.99. The zero-order chi connectivity index (χ0) is 14.2. The van der Waals surface area contributed by atoms with Gasteiger partial charge >= 0.3 is 0 Å². The number of aromatic nitrogens is 2. The van der Waals surface area contributed by atoms with Crippen LogP contribution in [0.1, 0.15) is 0 Å². The van der Waals surface area contributed by atoms with Crippen molar-refractivity contribution in [2.45, 2.75) is 0 Å². The van der Waals surface area contributed by atoms with Crippen molar-refractivity contribution in [2.24, 2.45) is 0 Å². The van der Waals surface area contributed by atoms with Crippen LogP contribution in [-0.4, -0.2) is 42.6 Å². The van der Waals surface area contributed by atoms with Gasteiger partial charge in [-0.25, -0.2) is 4.68 Å². The highest BCUT2D eigenvalue weighted by molar-refractivity contribution is 5.91. The molecular formula is C14H17N3O3. The number of nitrogens with zero attached hydrogens (tertiary/aromatic N) is 2. The van der Waals surface area contributed by atoms with Crippen LogP contribution in [0.5, 0.6) is 0 Å². The van der Waals surface area contributed by atoms with Crippen LogP contribution in [0, 0.1) is 0 Å². The van der Waals surface area contributed by atoms with E-state index in [0.29, 0.717) is 13.2 Å². The van der Waals surface area contributed by atoms with E-state index in [-0.39, 0.29) is 12.5 Å². The Morgan fingerprint density at radius 2 is 2.10 bits per heavy atom. The van der Waals surface area contributed by atoms with Gasteiger partial charge in [-0.2, -0.15) is 5.10 Å². The minimum atomic E-state index is -0.187. The van der Waals surface area contributed by atoms with Crippen LogP contribution in [0.15, 0.2) is 42.7 Å². The number of hydrogen-bond donors (Lipinski definition) is 1. The summed E-state index contributed by atoms with van der Waals surface area (Å²) in [6.07, 6.45) is 3.57. The molecule has 0 aliphatic heterocycles. The van der Waals surface area contributed by atoms with Gasteiger partial charge in [0.25, 0.3) is 0 Å². The third-order valence-corrected chi connectivity index (χ3v) is 2.58. The Bertz CT molecular complexity index is 523. The normalized spacial score (nSPS) is 10.4. The smallest absolute Gasteiger partial charge is 0.250 e. The van der Waals surface area contributed by atoms with Crippen molar-refractivity contribution in [3.8, 4) is 5.69 Å². The van der Waals surface area contributed by atoms with E-state index in [4.69, 9.17) is 9.47 Å². The molecule has 1 aromatic heterocycles. The van der Waals surface area contributed by atoms with Crippen LogP contribution in [-0.2, 0) is 14.3 Å². The molecule has 0 aliphatic rings. The predicted molar refractivity (Wildman–Crippen MR) is 74.9 cm³/mol. The minimum absolute atomic E-state index is 0.0181. The van der Waals surface area contributed by atoms with E-state index in [1.54, 1.807) is 18.0 Å². The summed E-state index contributed by atoms with van der Waals surface area (Å²) < 4.78 is 11.7. The largest absolute Gasteiger partial charge is 0.382 e. The number of nitrogens with one attached hydrogen (secondary N) is 1. The first-order valence-electron chi connectivity index (χ1n) is 6.26. The van der Waals surface area contributed by atoms with Gasteiger partial charge in [0.15, 0.2) is 0 Å². The topological polar surface area (TPSA) is 65.4 Å². The van der Waals surface area contributed by atoms with Crippen LogP contribution in [0.4, 0.5) is 5.69 Å². The second-order valence-corrected chi connectivity index (χ2v) is 4.09. The van der Waals surface area contributed by atoms with Crippen molar-refractivity contribution in [1.29, 1.82) is 0 Å². The summed E-state index contributed by atoms with van der Waals surface area (Å²) in [4.78, 5) is 11.6. The molecule has 106 valence electrons. The summed E-state index contributed by atoms with van der Waals surface area (Å²) in [6, 6.07) is 9.27. The number of hydrogen-bond acceptors (Lipinski definition) is 4. The molecule has 1 amide bonds. The first-order chi connectivity index (χ1) is 9.79. The fourth-order valence-corrected chi connectivity index (χ4v) is 1.62. The monoisotopic (exact) mass is 275 g/mol. The van der Waals surface area contributed by atoms with Crippen molar-refractivity contribution in [3.05, 3.63) is 42.7 Å². The van der Waals surface area contributed by atoms with E-state index >= 15 is 0 Å². The summed E-state index contributed by atoms with van der Waals surface area (Å²) in [5.41, 5.74) is 1.66. The van der Waals surface area contributed by atoms with Crippen molar-refractivity contribution in [2.75, 3.05) is 32.2 Å². The van der Waals surface area contributed by atoms with Crippen molar-refractivity contribution < 1.29 is 14.3 Å². The molecule has 0 bridgehead atoms. The molecule has 2 aromatic rings. The first-order valence-corrected chi connectivity index (χ1v) is 6.26. The Morgan fingerprint density at radius 1 is 1.30 bits per heavy atom. The quantitative estimate of drug-likeness (QED) is 0.777. The van der Waals surface area contributed by atoms with E-state index in [2.05, 4.69) is 10.4 Å². The Hall–Kier alpha value is -2.18. The molecule has 0 aliphatic carbocycles. The molecule has 1 aromatic carbocycles. The van der Waals surface area contributed by atoms with Gasteiger partial charge < -0.3 is 14.8 Å². The maximum Gasteiger partial charge on any atom is 0.250 e. The van der Waals surface area contributed by atoms with E-state index in [1.165, 1.54) is 0 Å². The van der Waals surface area contributed by atoms with E-state index in [0.717, 1.165) is 11.4 Å². The number of rotatable bonds is 7. The molecule has 1 heterocycles. The Morgan fingerprint density at radius 3 is 2.75 bits per heavy atom. The zero-order valence-electron chi connectivity index (χ0n) is 11.3. The maximum absolute atomic E-state index is 11.6. The second kappa shape index (κ2) is 7.42. The van der Waals surface area contributed by atoms with E-state index in [9.17, 15) is 4.79 Å². The lowest BCUT2D eigenvalue weighted by atomic mass is 10.3. The number of carbonyl (C=O) groups excluding carboxylic acids is 1. The van der Waals surface area contributed by atoms with Crippen LogP contribution < -0.4 is 5.32 Å². The van der Waals surface area contributed by atoms with Gasteiger partial charge in [0, 0.05) is 25.2 Å². The average molecular weight is 275 g/mol. The lowest BCUT2D eigenvalue weighted by Gasteiger charge is -2.07. The van der Waals surface area contributed by atoms with Crippen LogP contribution in [0.25, 0.3) is 5.69 Å². The van der Waals surface area contributed by atoms with Gasteiger partial charge in [-0.15, -0.1) is 0 Å². The number of benzene rings is 1. The molecular weight excluding hydrogens is 258 g/mol. The highest BCUT2D eigenvalue weighted by Crippen LogP contribution is 2.12. The summed E-state index contributed by atoms with van der Waals surface area (Å²) in [5, 5.41) is 6.89. The number of methoxy groups -OCH3 is 1. The number of carbonyl (C=O) groups is 1. The fourth-order valence-electron chi connectivity index (χ4n) is 1.62. The van der Waals surface area contributed by atoms with Gasteiger partial charge in [0.05, 0.1) is 18.9 Å². The summed E-state index contributed by atoms with van der Waals surface area (Å²) in [7, 11) is 1.59. The molecule has 0 fully saturated rings. The molecule has 6 nitrogen and oxygen atoms in total. The third kappa shape index (κ3) is 4.18. The highest BCUT2D eigenvalue weighted by atomic mass is 16.5. The summed E-state index contributed by atoms with van der Waals surface area (Å²) in [6.45, 7) is 0.901. The van der Waals surface area contributed by atoms with Crippen molar-refractivity contribution in [3.63, 3.8) is 0 Å². The van der Waals surface area contributed by atoms with Gasteiger partial charge in [0.1, 0.15) is 6.61 Å². The van der Waals surface area contributed by atoms with Crippen molar-refractivity contribution >= 4 is 11.6 Å². The van der Waals surface area contributed by atoms with Gasteiger partial charge in [-0.05, 0) is 30.3 Å². The van der Waals surface area contributed by atoms with E-state index in [1.807, 2.05) is 36.5 Å². The third-order valence-electron chi connectivity index (χ3n) is 2.58. The molecule has 6 heteroatoms. The van der Waals surface area contributed by atoms with E-state index < -0.39 is 0 Å². The molecule has 0 spiro atoms. The molecule has 0 radical (unpaired) electrons. The summed E-state index contributed by atoms with van der Waals surface area (Å²) >= 11 is 0. The Kier molecular flexibility index (Phi) is 5.28. The SMILES string of the molecule is COCCOCC(=O)Nc1ccc(-n2cccn2)cc1. The van der Waals surface area contributed by atoms with Crippen LogP contribution in [0.3, 0.4) is 0 Å². The van der Waals surface area contributed by atoms with Crippen molar-refractivity contribution in [1.82, 2.24) is 9.78 Å². The zero-order valence-corrected chi connectivity index (χ0v) is 11.3. The second-order valence-electron chi connectivity index (χ2n) is 4.09. The minimum Gasteiger partial charge on any atom is -0.382 e. The van der Waals surface area contributed by atoms with Crippen LogP contribution in [0.2, 0.25) is 0 Å². The number of ether oxygens (including phenoxy) is 2. The fraction of sp³-hybridized carbons (Fsp3) is 0.286. The number of amides is 1. The molecule has 2 rings (SSSR count). The predicted octanol–water partition coefficient (Wildman–Crippen LogP) is 1.47. The lowest BCUT2D eigenvalue weighted by Crippen LogP contribution is -2.19. The molecule has 0 saturated heterocycles.